The number of rotatable bonds is 2. The van der Waals surface area contributed by atoms with Gasteiger partial charge in [0, 0.05) is 12.4 Å². The van der Waals surface area contributed by atoms with E-state index in [1.165, 1.54) is 18.6 Å². The monoisotopic (exact) mass is 188 g/mol. The van der Waals surface area contributed by atoms with Gasteiger partial charge in [-0.1, -0.05) is 0 Å². The summed E-state index contributed by atoms with van der Waals surface area (Å²) in [5, 5.41) is 0. The maximum Gasteiger partial charge on any atom is 0.248 e. The van der Waals surface area contributed by atoms with Gasteiger partial charge in [0.1, 0.15) is 11.5 Å². The maximum atomic E-state index is 11.7. The lowest BCUT2D eigenvalue weighted by Gasteiger charge is -1.94. The molecule has 0 saturated carbocycles. The zero-order valence-electron chi connectivity index (χ0n) is 7.60. The van der Waals surface area contributed by atoms with Gasteiger partial charge in [0.15, 0.2) is 5.76 Å². The number of carbonyl (C=O) groups is 1. The van der Waals surface area contributed by atoms with Gasteiger partial charge in [0.2, 0.25) is 5.78 Å². The quantitative estimate of drug-likeness (QED) is 0.672. The lowest BCUT2D eigenvalue weighted by Crippen LogP contribution is -2.02. The number of furan rings is 1. The summed E-state index contributed by atoms with van der Waals surface area (Å²) in [6, 6.07) is 3.37. The first-order chi connectivity index (χ1) is 6.77. The Morgan fingerprint density at radius 1 is 1.36 bits per heavy atom. The van der Waals surface area contributed by atoms with Crippen LogP contribution in [0.1, 0.15) is 22.0 Å². The van der Waals surface area contributed by atoms with Crippen LogP contribution in [0, 0.1) is 6.92 Å². The zero-order valence-corrected chi connectivity index (χ0v) is 7.60. The van der Waals surface area contributed by atoms with Gasteiger partial charge >= 0.3 is 0 Å². The van der Waals surface area contributed by atoms with E-state index in [1.54, 1.807) is 19.1 Å². The van der Waals surface area contributed by atoms with Crippen LogP contribution < -0.4 is 0 Å². The highest BCUT2D eigenvalue weighted by Gasteiger charge is 2.13. The van der Waals surface area contributed by atoms with E-state index in [0.717, 1.165) is 0 Å². The molecule has 4 nitrogen and oxygen atoms in total. The predicted molar refractivity (Wildman–Crippen MR) is 48.9 cm³/mol. The van der Waals surface area contributed by atoms with Crippen LogP contribution in [-0.4, -0.2) is 15.8 Å². The molecule has 70 valence electrons. The third-order valence-electron chi connectivity index (χ3n) is 1.76. The van der Waals surface area contributed by atoms with Crippen molar-refractivity contribution < 1.29 is 9.21 Å². The van der Waals surface area contributed by atoms with Gasteiger partial charge in [-0.25, -0.2) is 4.98 Å². The average molecular weight is 188 g/mol. The van der Waals surface area contributed by atoms with Gasteiger partial charge in [0.25, 0.3) is 0 Å². The molecule has 0 unspecified atom stereocenters. The normalized spacial score (nSPS) is 10.1. The van der Waals surface area contributed by atoms with Crippen molar-refractivity contribution in [3.8, 4) is 0 Å². The molecule has 2 rings (SSSR count). The number of ketones is 1. The second-order valence-electron chi connectivity index (χ2n) is 2.83. The van der Waals surface area contributed by atoms with E-state index in [1.807, 2.05) is 0 Å². The van der Waals surface area contributed by atoms with Gasteiger partial charge < -0.3 is 4.42 Å². The Bertz CT molecular complexity index is 448. The minimum atomic E-state index is -0.244. The average Bonchev–Trinajstić information content (AvgIpc) is 2.65. The molecule has 2 aromatic heterocycles. The summed E-state index contributed by atoms with van der Waals surface area (Å²) in [7, 11) is 0. The van der Waals surface area contributed by atoms with Crippen molar-refractivity contribution in [3.05, 3.63) is 47.9 Å². The molecule has 2 aromatic rings. The summed E-state index contributed by atoms with van der Waals surface area (Å²) < 4.78 is 5.18. The molecule has 0 aliphatic carbocycles. The fourth-order valence-corrected chi connectivity index (χ4v) is 1.10. The molecule has 0 aliphatic heterocycles. The van der Waals surface area contributed by atoms with E-state index in [9.17, 15) is 4.79 Å². The third-order valence-corrected chi connectivity index (χ3v) is 1.76. The number of hydrogen-bond acceptors (Lipinski definition) is 4. The first-order valence-corrected chi connectivity index (χ1v) is 4.14. The van der Waals surface area contributed by atoms with E-state index < -0.39 is 0 Å². The number of hydrogen-bond donors (Lipinski definition) is 0. The smallest absolute Gasteiger partial charge is 0.248 e. The minimum Gasteiger partial charge on any atom is -0.458 e. The summed E-state index contributed by atoms with van der Waals surface area (Å²) in [5.41, 5.74) is 0.293. The van der Waals surface area contributed by atoms with Crippen LogP contribution in [0.15, 0.2) is 35.1 Å². The van der Waals surface area contributed by atoms with Crippen molar-refractivity contribution in [2.24, 2.45) is 0 Å². The number of aromatic nitrogens is 2. The second-order valence-corrected chi connectivity index (χ2v) is 2.83. The Morgan fingerprint density at radius 3 is 2.79 bits per heavy atom. The third kappa shape index (κ3) is 1.54. The minimum absolute atomic E-state index is 0.244. The van der Waals surface area contributed by atoms with Crippen LogP contribution in [-0.2, 0) is 0 Å². The molecule has 0 saturated heterocycles. The van der Waals surface area contributed by atoms with E-state index in [0.29, 0.717) is 17.2 Å². The van der Waals surface area contributed by atoms with Crippen LogP contribution in [0.5, 0.6) is 0 Å². The fourth-order valence-electron chi connectivity index (χ4n) is 1.10. The molecule has 0 bridgehead atoms. The van der Waals surface area contributed by atoms with E-state index >= 15 is 0 Å². The topological polar surface area (TPSA) is 56.0 Å². The lowest BCUT2D eigenvalue weighted by molar-refractivity contribution is 0.100. The summed E-state index contributed by atoms with van der Waals surface area (Å²) in [6.45, 7) is 1.79. The SMILES string of the molecule is Cc1ccc(C(=O)c2cnccn2)o1. The van der Waals surface area contributed by atoms with Gasteiger partial charge in [0.05, 0.1) is 6.20 Å². The van der Waals surface area contributed by atoms with Crippen molar-refractivity contribution in [3.63, 3.8) is 0 Å². The van der Waals surface area contributed by atoms with Crippen LogP contribution in [0.2, 0.25) is 0 Å². The molecular formula is C10H8N2O2. The van der Waals surface area contributed by atoms with E-state index in [-0.39, 0.29) is 5.78 Å². The maximum absolute atomic E-state index is 11.7. The highest BCUT2D eigenvalue weighted by molar-refractivity contribution is 6.05. The second kappa shape index (κ2) is 3.41. The molecule has 0 radical (unpaired) electrons. The molecule has 0 N–H and O–H groups in total. The highest BCUT2D eigenvalue weighted by Crippen LogP contribution is 2.10. The summed E-state index contributed by atoms with van der Waals surface area (Å²) in [6.07, 6.45) is 4.41. The molecule has 0 fully saturated rings. The van der Waals surface area contributed by atoms with Crippen LogP contribution in [0.3, 0.4) is 0 Å². The van der Waals surface area contributed by atoms with Gasteiger partial charge in [-0.2, -0.15) is 0 Å². The van der Waals surface area contributed by atoms with E-state index in [4.69, 9.17) is 4.42 Å². The lowest BCUT2D eigenvalue weighted by atomic mass is 10.2. The fraction of sp³-hybridized carbons (Fsp3) is 0.100. The van der Waals surface area contributed by atoms with Crippen LogP contribution in [0.25, 0.3) is 0 Å². The van der Waals surface area contributed by atoms with E-state index in [2.05, 4.69) is 9.97 Å². The summed E-state index contributed by atoms with van der Waals surface area (Å²) >= 11 is 0. The largest absolute Gasteiger partial charge is 0.458 e. The molecule has 0 atom stereocenters. The Hall–Kier alpha value is -1.97. The van der Waals surface area contributed by atoms with Crippen molar-refractivity contribution in [1.82, 2.24) is 9.97 Å². The van der Waals surface area contributed by atoms with Crippen LogP contribution in [0.4, 0.5) is 0 Å². The molecule has 0 aromatic carbocycles. The van der Waals surface area contributed by atoms with Crippen LogP contribution >= 0.6 is 0 Å². The molecular weight excluding hydrogens is 180 g/mol. The predicted octanol–water partition coefficient (Wildman–Crippen LogP) is 1.61. The number of aryl methyl sites for hydroxylation is 1. The Balaban J connectivity index is 2.34. The van der Waals surface area contributed by atoms with Gasteiger partial charge in [-0.15, -0.1) is 0 Å². The molecule has 0 amide bonds. The van der Waals surface area contributed by atoms with Gasteiger partial charge in [-0.3, -0.25) is 9.78 Å². The molecule has 0 spiro atoms. The Morgan fingerprint density at radius 2 is 2.21 bits per heavy atom. The Labute approximate surface area is 80.6 Å². The summed E-state index contributed by atoms with van der Waals surface area (Å²) in [4.78, 5) is 19.4. The standard InChI is InChI=1S/C10H8N2O2/c1-7-2-3-9(14-7)10(13)8-6-11-4-5-12-8/h2-6H,1H3. The van der Waals surface area contributed by atoms with Crippen molar-refractivity contribution in [2.75, 3.05) is 0 Å². The first kappa shape index (κ1) is 8.62. The number of carbonyl (C=O) groups excluding carboxylic acids is 1. The van der Waals surface area contributed by atoms with Crippen molar-refractivity contribution in [1.29, 1.82) is 0 Å². The molecule has 0 aliphatic rings. The zero-order chi connectivity index (χ0) is 9.97. The van der Waals surface area contributed by atoms with Gasteiger partial charge in [-0.05, 0) is 19.1 Å². The molecule has 4 heteroatoms. The molecule has 14 heavy (non-hydrogen) atoms. The van der Waals surface area contributed by atoms with Crippen molar-refractivity contribution >= 4 is 5.78 Å². The highest BCUT2D eigenvalue weighted by atomic mass is 16.3. The summed E-state index contributed by atoms with van der Waals surface area (Å²) in [5.74, 6) is 0.756. The molecule has 2 heterocycles. The van der Waals surface area contributed by atoms with Crippen molar-refractivity contribution in [2.45, 2.75) is 6.92 Å². The Kier molecular flexibility index (Phi) is 2.10. The number of nitrogens with zero attached hydrogens (tertiary/aromatic N) is 2. The first-order valence-electron chi connectivity index (χ1n) is 4.14.